The Balaban J connectivity index is 1.88. The minimum Gasteiger partial charge on any atom is -0.486 e. The van der Waals surface area contributed by atoms with E-state index in [1.807, 2.05) is 0 Å². The smallest absolute Gasteiger partial charge is 0.175 e. The van der Waals surface area contributed by atoms with Gasteiger partial charge in [0.25, 0.3) is 0 Å². The quantitative estimate of drug-likeness (QED) is 0.857. The Morgan fingerprint density at radius 1 is 1.59 bits per heavy atom. The van der Waals surface area contributed by atoms with Crippen molar-refractivity contribution in [3.05, 3.63) is 28.5 Å². The van der Waals surface area contributed by atoms with Gasteiger partial charge in [0, 0.05) is 18.6 Å². The Kier molecular flexibility index (Phi) is 4.12. The zero-order valence-electron chi connectivity index (χ0n) is 9.12. The summed E-state index contributed by atoms with van der Waals surface area (Å²) in [5.74, 6) is -0.113. The Bertz CT molecular complexity index is 416. The number of hydrogen-bond donors (Lipinski definition) is 0. The van der Waals surface area contributed by atoms with Gasteiger partial charge in [-0.2, -0.15) is 0 Å². The van der Waals surface area contributed by atoms with E-state index in [1.165, 1.54) is 6.07 Å². The van der Waals surface area contributed by atoms with E-state index in [-0.39, 0.29) is 18.3 Å². The first-order valence-corrected chi connectivity index (χ1v) is 6.14. The van der Waals surface area contributed by atoms with Crippen LogP contribution in [-0.4, -0.2) is 25.6 Å². The number of ether oxygens (including phenoxy) is 2. The maximum absolute atomic E-state index is 13.2. The van der Waals surface area contributed by atoms with Crippen LogP contribution in [-0.2, 0) is 9.53 Å². The third kappa shape index (κ3) is 3.26. The number of rotatable bonds is 4. The molecule has 17 heavy (non-hydrogen) atoms. The normalized spacial score (nSPS) is 19.3. The molecule has 0 aliphatic carbocycles. The lowest BCUT2D eigenvalue weighted by atomic mass is 10.0. The van der Waals surface area contributed by atoms with Crippen LogP contribution in [0.1, 0.15) is 6.42 Å². The molecule has 1 heterocycles. The predicted octanol–water partition coefficient (Wildman–Crippen LogP) is 2.57. The van der Waals surface area contributed by atoms with Gasteiger partial charge >= 0.3 is 0 Å². The molecule has 0 bridgehead atoms. The Labute approximate surface area is 107 Å². The van der Waals surface area contributed by atoms with Crippen LogP contribution in [0.2, 0.25) is 0 Å². The molecular formula is C12H12BrFO3. The first-order chi connectivity index (χ1) is 8.16. The molecule has 1 aliphatic heterocycles. The summed E-state index contributed by atoms with van der Waals surface area (Å²) in [5, 5.41) is 0. The molecule has 1 aromatic carbocycles. The molecule has 1 saturated heterocycles. The van der Waals surface area contributed by atoms with Gasteiger partial charge in [0.2, 0.25) is 0 Å². The van der Waals surface area contributed by atoms with Crippen molar-refractivity contribution in [2.24, 2.45) is 5.92 Å². The second kappa shape index (κ2) is 5.60. The first-order valence-electron chi connectivity index (χ1n) is 5.35. The van der Waals surface area contributed by atoms with E-state index in [2.05, 4.69) is 15.9 Å². The van der Waals surface area contributed by atoms with Crippen molar-refractivity contribution in [2.45, 2.75) is 6.42 Å². The Morgan fingerprint density at radius 3 is 3.06 bits per heavy atom. The summed E-state index contributed by atoms with van der Waals surface area (Å²) in [6, 6.07) is 4.42. The number of carbonyl (C=O) groups excluding carboxylic acids is 1. The fraction of sp³-hybridized carbons (Fsp3) is 0.417. The van der Waals surface area contributed by atoms with Gasteiger partial charge in [-0.05, 0) is 34.5 Å². The first kappa shape index (κ1) is 12.5. The zero-order valence-corrected chi connectivity index (χ0v) is 10.7. The van der Waals surface area contributed by atoms with Crippen LogP contribution in [0.5, 0.6) is 5.75 Å². The number of carbonyl (C=O) groups is 1. The summed E-state index contributed by atoms with van der Waals surface area (Å²) in [6.07, 6.45) is 0.747. The van der Waals surface area contributed by atoms with Crippen LogP contribution in [0.4, 0.5) is 4.39 Å². The summed E-state index contributed by atoms with van der Waals surface area (Å²) in [5.41, 5.74) is 0. The maximum Gasteiger partial charge on any atom is 0.175 e. The summed E-state index contributed by atoms with van der Waals surface area (Å²) in [7, 11) is 0. The summed E-state index contributed by atoms with van der Waals surface area (Å²) in [4.78, 5) is 11.7. The van der Waals surface area contributed by atoms with E-state index in [1.54, 1.807) is 12.1 Å². The Hall–Kier alpha value is -0.940. The second-order valence-corrected chi connectivity index (χ2v) is 4.75. The number of hydrogen-bond acceptors (Lipinski definition) is 3. The third-order valence-corrected chi connectivity index (χ3v) is 3.30. The molecule has 1 aliphatic rings. The van der Waals surface area contributed by atoms with Gasteiger partial charge in [-0.3, -0.25) is 4.79 Å². The van der Waals surface area contributed by atoms with Crippen molar-refractivity contribution in [3.63, 3.8) is 0 Å². The van der Waals surface area contributed by atoms with Crippen LogP contribution < -0.4 is 4.74 Å². The molecule has 1 unspecified atom stereocenters. The lowest BCUT2D eigenvalue weighted by molar-refractivity contribution is -0.124. The van der Waals surface area contributed by atoms with Crippen LogP contribution in [0.25, 0.3) is 0 Å². The van der Waals surface area contributed by atoms with E-state index in [0.717, 1.165) is 6.42 Å². The number of Topliss-reactive ketones (excluding diaryl/α,β-unsaturated/α-hetero) is 1. The van der Waals surface area contributed by atoms with E-state index < -0.39 is 5.82 Å². The minimum absolute atomic E-state index is 0.00540. The maximum atomic E-state index is 13.2. The lowest BCUT2D eigenvalue weighted by Gasteiger charge is -2.09. The van der Waals surface area contributed by atoms with Gasteiger partial charge in [0.15, 0.2) is 5.78 Å². The predicted molar refractivity (Wildman–Crippen MR) is 63.5 cm³/mol. The SMILES string of the molecule is O=C(COc1ccc(Br)c(F)c1)C1CCOC1. The minimum atomic E-state index is -0.404. The molecule has 5 heteroatoms. The third-order valence-electron chi connectivity index (χ3n) is 2.66. The fourth-order valence-corrected chi connectivity index (χ4v) is 1.87. The van der Waals surface area contributed by atoms with E-state index >= 15 is 0 Å². The number of halogens is 2. The molecule has 1 fully saturated rings. The zero-order chi connectivity index (χ0) is 12.3. The van der Waals surface area contributed by atoms with Crippen molar-refractivity contribution in [2.75, 3.05) is 19.8 Å². The molecule has 2 rings (SSSR count). The highest BCUT2D eigenvalue weighted by molar-refractivity contribution is 9.10. The summed E-state index contributed by atoms with van der Waals surface area (Å²) >= 11 is 3.05. The monoisotopic (exact) mass is 302 g/mol. The molecule has 0 amide bonds. The summed E-state index contributed by atoms with van der Waals surface area (Å²) < 4.78 is 23.9. The van der Waals surface area contributed by atoms with E-state index in [0.29, 0.717) is 23.4 Å². The fourth-order valence-electron chi connectivity index (χ4n) is 1.63. The summed E-state index contributed by atoms with van der Waals surface area (Å²) in [6.45, 7) is 1.06. The molecule has 0 N–H and O–H groups in total. The van der Waals surface area contributed by atoms with Crippen LogP contribution in [0.15, 0.2) is 22.7 Å². The van der Waals surface area contributed by atoms with Crippen molar-refractivity contribution >= 4 is 21.7 Å². The Morgan fingerprint density at radius 2 is 2.41 bits per heavy atom. The highest BCUT2D eigenvalue weighted by atomic mass is 79.9. The van der Waals surface area contributed by atoms with Crippen LogP contribution in [0, 0.1) is 11.7 Å². The van der Waals surface area contributed by atoms with Gasteiger partial charge in [-0.25, -0.2) is 4.39 Å². The molecule has 0 spiro atoms. The molecule has 1 atom stereocenters. The van der Waals surface area contributed by atoms with Crippen molar-refractivity contribution in [1.29, 1.82) is 0 Å². The van der Waals surface area contributed by atoms with Crippen LogP contribution >= 0.6 is 15.9 Å². The topological polar surface area (TPSA) is 35.5 Å². The molecule has 0 aromatic heterocycles. The molecule has 1 aromatic rings. The molecular weight excluding hydrogens is 291 g/mol. The van der Waals surface area contributed by atoms with E-state index in [9.17, 15) is 9.18 Å². The van der Waals surface area contributed by atoms with Crippen LogP contribution in [0.3, 0.4) is 0 Å². The average Bonchev–Trinajstić information content (AvgIpc) is 2.84. The average molecular weight is 303 g/mol. The van der Waals surface area contributed by atoms with Gasteiger partial charge < -0.3 is 9.47 Å². The van der Waals surface area contributed by atoms with Gasteiger partial charge in [0.1, 0.15) is 18.2 Å². The van der Waals surface area contributed by atoms with Crippen molar-refractivity contribution in [1.82, 2.24) is 0 Å². The number of ketones is 1. The van der Waals surface area contributed by atoms with Crippen molar-refractivity contribution in [3.8, 4) is 5.75 Å². The lowest BCUT2D eigenvalue weighted by Crippen LogP contribution is -2.21. The molecule has 0 radical (unpaired) electrons. The highest BCUT2D eigenvalue weighted by Gasteiger charge is 2.23. The van der Waals surface area contributed by atoms with E-state index in [4.69, 9.17) is 9.47 Å². The number of benzene rings is 1. The standard InChI is InChI=1S/C12H12BrFO3/c13-10-2-1-9(5-11(10)14)17-7-12(15)8-3-4-16-6-8/h1-2,5,8H,3-4,6-7H2. The molecule has 3 nitrogen and oxygen atoms in total. The van der Waals surface area contributed by atoms with Gasteiger partial charge in [0.05, 0.1) is 11.1 Å². The molecule has 92 valence electrons. The van der Waals surface area contributed by atoms with Crippen molar-refractivity contribution < 1.29 is 18.7 Å². The highest BCUT2D eigenvalue weighted by Crippen LogP contribution is 2.21. The second-order valence-electron chi connectivity index (χ2n) is 3.89. The van der Waals surface area contributed by atoms with Gasteiger partial charge in [-0.15, -0.1) is 0 Å². The van der Waals surface area contributed by atoms with Gasteiger partial charge in [-0.1, -0.05) is 0 Å². The molecule has 0 saturated carbocycles. The largest absolute Gasteiger partial charge is 0.486 e.